The summed E-state index contributed by atoms with van der Waals surface area (Å²) in [5.74, 6) is 0. The van der Waals surface area contributed by atoms with Gasteiger partial charge in [0.05, 0.1) is 38.8 Å². The molecule has 1 N–H and O–H groups in total. The van der Waals surface area contributed by atoms with E-state index >= 15 is 0 Å². The maximum Gasteiger partial charge on any atom is 0.252 e. The number of thiophene rings is 1. The Morgan fingerprint density at radius 1 is 1.42 bits per heavy atom. The van der Waals surface area contributed by atoms with E-state index in [1.807, 2.05) is 0 Å². The minimum Gasteiger partial charge on any atom is -0.333 e. The minimum absolute atomic E-state index is 0.431. The van der Waals surface area contributed by atoms with E-state index in [0.29, 0.717) is 23.7 Å². The van der Waals surface area contributed by atoms with Crippen LogP contribution in [0, 0.1) is 11.3 Å². The van der Waals surface area contributed by atoms with Crippen molar-refractivity contribution in [3.8, 4) is 6.07 Å². The van der Waals surface area contributed by atoms with E-state index in [1.54, 1.807) is 21.8 Å². The zero-order valence-electron chi connectivity index (χ0n) is 10.7. The predicted molar refractivity (Wildman–Crippen MR) is 73.5 cm³/mol. The zero-order chi connectivity index (χ0) is 13.7. The van der Waals surface area contributed by atoms with E-state index in [1.165, 1.54) is 16.2 Å². The van der Waals surface area contributed by atoms with Crippen LogP contribution in [0.5, 0.6) is 0 Å². The van der Waals surface area contributed by atoms with Gasteiger partial charge in [-0.2, -0.15) is 9.57 Å². The molecule has 1 saturated heterocycles. The van der Waals surface area contributed by atoms with Crippen LogP contribution < -0.4 is 4.90 Å². The van der Waals surface area contributed by atoms with Gasteiger partial charge in [0.1, 0.15) is 4.21 Å². The maximum absolute atomic E-state index is 12.3. The molecule has 2 rings (SSSR count). The number of nitriles is 1. The fraction of sp³-hybridized carbons (Fsp3) is 0.583. The van der Waals surface area contributed by atoms with Crippen molar-refractivity contribution in [3.05, 3.63) is 17.5 Å². The van der Waals surface area contributed by atoms with Crippen molar-refractivity contribution >= 4 is 21.4 Å². The van der Waals surface area contributed by atoms with Gasteiger partial charge in [0.15, 0.2) is 0 Å². The number of rotatable bonds is 5. The molecule has 0 bridgehead atoms. The van der Waals surface area contributed by atoms with Gasteiger partial charge in [-0.3, -0.25) is 0 Å². The summed E-state index contributed by atoms with van der Waals surface area (Å²) < 4.78 is 26.6. The molecule has 0 aromatic carbocycles. The lowest BCUT2D eigenvalue weighted by Crippen LogP contribution is -3.14. The molecule has 0 spiro atoms. The van der Waals surface area contributed by atoms with Gasteiger partial charge in [-0.15, -0.1) is 11.3 Å². The van der Waals surface area contributed by atoms with E-state index < -0.39 is 10.0 Å². The Hall–Kier alpha value is -0.940. The molecule has 1 aliphatic rings. The monoisotopic (exact) mass is 300 g/mol. The summed E-state index contributed by atoms with van der Waals surface area (Å²) in [5, 5.41) is 10.3. The largest absolute Gasteiger partial charge is 0.333 e. The lowest BCUT2D eigenvalue weighted by Gasteiger charge is -2.31. The van der Waals surface area contributed by atoms with Crippen LogP contribution >= 0.6 is 11.3 Å². The third-order valence-electron chi connectivity index (χ3n) is 3.34. The number of nitrogens with zero attached hydrogens (tertiary/aromatic N) is 2. The number of quaternary nitrogens is 1. The van der Waals surface area contributed by atoms with Gasteiger partial charge in [-0.1, -0.05) is 6.07 Å². The number of sulfonamides is 1. The van der Waals surface area contributed by atoms with Gasteiger partial charge in [0.2, 0.25) is 0 Å². The Kier molecular flexibility index (Phi) is 4.93. The van der Waals surface area contributed by atoms with Crippen molar-refractivity contribution in [2.24, 2.45) is 0 Å². The van der Waals surface area contributed by atoms with Crippen molar-refractivity contribution in [3.63, 3.8) is 0 Å². The van der Waals surface area contributed by atoms with Crippen LogP contribution in [-0.4, -0.2) is 45.4 Å². The van der Waals surface area contributed by atoms with E-state index in [-0.39, 0.29) is 0 Å². The molecular formula is C12H18N3O2S2+. The van der Waals surface area contributed by atoms with Crippen molar-refractivity contribution in [2.75, 3.05) is 32.7 Å². The molecule has 1 aromatic heterocycles. The summed E-state index contributed by atoms with van der Waals surface area (Å²) in [6.07, 6.45) is 1.48. The molecule has 2 heterocycles. The van der Waals surface area contributed by atoms with Gasteiger partial charge in [-0.25, -0.2) is 8.42 Å². The van der Waals surface area contributed by atoms with Gasteiger partial charge in [0, 0.05) is 12.8 Å². The second kappa shape index (κ2) is 6.48. The molecule has 1 fully saturated rings. The molecule has 0 saturated carbocycles. The molecule has 1 aromatic rings. The van der Waals surface area contributed by atoms with Crippen LogP contribution in [0.15, 0.2) is 21.7 Å². The van der Waals surface area contributed by atoms with Crippen LogP contribution in [0.3, 0.4) is 0 Å². The first-order chi connectivity index (χ1) is 9.14. The van der Waals surface area contributed by atoms with E-state index in [2.05, 4.69) is 6.07 Å². The number of hydrogen-bond acceptors (Lipinski definition) is 4. The first-order valence-electron chi connectivity index (χ1n) is 6.39. The summed E-state index contributed by atoms with van der Waals surface area (Å²) in [7, 11) is -3.28. The fourth-order valence-corrected chi connectivity index (χ4v) is 4.83. The number of unbranched alkanes of at least 4 members (excludes halogenated alkanes) is 1. The molecule has 0 unspecified atom stereocenters. The van der Waals surface area contributed by atoms with Gasteiger partial charge in [0.25, 0.3) is 10.0 Å². The number of piperazine rings is 1. The molecule has 19 heavy (non-hydrogen) atoms. The third kappa shape index (κ3) is 3.54. The van der Waals surface area contributed by atoms with E-state index in [0.717, 1.165) is 26.1 Å². The Labute approximate surface area is 118 Å². The van der Waals surface area contributed by atoms with Crippen molar-refractivity contribution in [1.29, 1.82) is 5.26 Å². The average molecular weight is 300 g/mol. The number of nitrogens with one attached hydrogen (secondary N) is 1. The third-order valence-corrected chi connectivity index (χ3v) is 6.61. The lowest BCUT2D eigenvalue weighted by atomic mass is 10.3. The van der Waals surface area contributed by atoms with Crippen LogP contribution in [0.25, 0.3) is 0 Å². The summed E-state index contributed by atoms with van der Waals surface area (Å²) in [4.78, 5) is 1.40. The molecule has 0 amide bonds. The highest BCUT2D eigenvalue weighted by molar-refractivity contribution is 7.91. The second-order valence-electron chi connectivity index (χ2n) is 4.60. The summed E-state index contributed by atoms with van der Waals surface area (Å²) in [6.45, 7) is 3.76. The van der Waals surface area contributed by atoms with E-state index in [9.17, 15) is 8.42 Å². The molecule has 0 radical (unpaired) electrons. The molecule has 7 heteroatoms. The van der Waals surface area contributed by atoms with Gasteiger partial charge >= 0.3 is 0 Å². The Morgan fingerprint density at radius 3 is 2.74 bits per heavy atom. The van der Waals surface area contributed by atoms with Crippen LogP contribution in [0.4, 0.5) is 0 Å². The van der Waals surface area contributed by atoms with Crippen molar-refractivity contribution in [1.82, 2.24) is 4.31 Å². The molecule has 5 nitrogen and oxygen atoms in total. The van der Waals surface area contributed by atoms with E-state index in [4.69, 9.17) is 5.26 Å². The summed E-state index contributed by atoms with van der Waals surface area (Å²) in [5.41, 5.74) is 0. The molecule has 1 aliphatic heterocycles. The molecule has 0 aliphatic carbocycles. The summed E-state index contributed by atoms with van der Waals surface area (Å²) >= 11 is 1.27. The topological polar surface area (TPSA) is 65.6 Å². The maximum atomic E-state index is 12.3. The van der Waals surface area contributed by atoms with Crippen LogP contribution in [-0.2, 0) is 10.0 Å². The highest BCUT2D eigenvalue weighted by Gasteiger charge is 2.30. The summed E-state index contributed by atoms with van der Waals surface area (Å²) in [6, 6.07) is 5.56. The first kappa shape index (κ1) is 14.5. The highest BCUT2D eigenvalue weighted by atomic mass is 32.2. The first-order valence-corrected chi connectivity index (χ1v) is 8.71. The highest BCUT2D eigenvalue weighted by Crippen LogP contribution is 2.20. The smallest absolute Gasteiger partial charge is 0.252 e. The fourth-order valence-electron chi connectivity index (χ4n) is 2.25. The normalized spacial score (nSPS) is 18.3. The minimum atomic E-state index is -3.28. The SMILES string of the molecule is N#CCCC[NH+]1CCN(S(=O)(=O)c2cccs2)CC1. The van der Waals surface area contributed by atoms with Crippen molar-refractivity contribution in [2.45, 2.75) is 17.1 Å². The lowest BCUT2D eigenvalue weighted by molar-refractivity contribution is -0.903. The van der Waals surface area contributed by atoms with Crippen LogP contribution in [0.1, 0.15) is 12.8 Å². The molecular weight excluding hydrogens is 282 g/mol. The Balaban J connectivity index is 1.88. The Bertz CT molecular complexity index is 526. The van der Waals surface area contributed by atoms with Gasteiger partial charge in [-0.05, 0) is 11.4 Å². The van der Waals surface area contributed by atoms with Crippen LogP contribution in [0.2, 0.25) is 0 Å². The molecule has 0 atom stereocenters. The van der Waals surface area contributed by atoms with Crippen molar-refractivity contribution < 1.29 is 13.3 Å². The predicted octanol–water partition coefficient (Wildman–Crippen LogP) is -0.0589. The number of hydrogen-bond donors (Lipinski definition) is 1. The molecule has 104 valence electrons. The average Bonchev–Trinajstić information content (AvgIpc) is 2.94. The quantitative estimate of drug-likeness (QED) is 0.775. The standard InChI is InChI=1S/C12H17N3O2S2/c13-5-1-2-6-14-7-9-15(10-8-14)19(16,17)12-4-3-11-18-12/h3-4,11H,1-2,6-10H2/p+1. The Morgan fingerprint density at radius 2 is 2.16 bits per heavy atom. The zero-order valence-corrected chi connectivity index (χ0v) is 12.3. The second-order valence-corrected chi connectivity index (χ2v) is 7.71. The van der Waals surface area contributed by atoms with Gasteiger partial charge < -0.3 is 4.90 Å².